The molecule has 1 aromatic heterocycles. The van der Waals surface area contributed by atoms with Gasteiger partial charge in [-0.1, -0.05) is 24.4 Å². The first-order chi connectivity index (χ1) is 10.5. The molecule has 3 rings (SSSR count). The van der Waals surface area contributed by atoms with Crippen LogP contribution in [0.1, 0.15) is 36.2 Å². The molecule has 1 heterocycles. The minimum Gasteiger partial charge on any atom is -0.393 e. The zero-order valence-electron chi connectivity index (χ0n) is 12.7. The van der Waals surface area contributed by atoms with Crippen LogP contribution >= 0.6 is 11.6 Å². The third kappa shape index (κ3) is 3.13. The van der Waals surface area contributed by atoms with Gasteiger partial charge in [-0.05, 0) is 37.1 Å². The summed E-state index contributed by atoms with van der Waals surface area (Å²) in [6.45, 7) is 0.593. The van der Waals surface area contributed by atoms with Crippen molar-refractivity contribution in [3.63, 3.8) is 0 Å². The summed E-state index contributed by atoms with van der Waals surface area (Å²) < 4.78 is 0. The van der Waals surface area contributed by atoms with Gasteiger partial charge in [0.05, 0.1) is 6.10 Å². The average Bonchev–Trinajstić information content (AvgIpc) is 2.91. The van der Waals surface area contributed by atoms with Gasteiger partial charge in [0, 0.05) is 35.4 Å². The van der Waals surface area contributed by atoms with Gasteiger partial charge >= 0.3 is 0 Å². The first kappa shape index (κ1) is 15.4. The van der Waals surface area contributed by atoms with E-state index < -0.39 is 0 Å². The normalized spacial score (nSPS) is 22.0. The van der Waals surface area contributed by atoms with E-state index in [9.17, 15) is 9.90 Å². The van der Waals surface area contributed by atoms with Gasteiger partial charge in [-0.25, -0.2) is 0 Å². The highest BCUT2D eigenvalue weighted by Gasteiger charge is 2.26. The minimum atomic E-state index is -0.287. The summed E-state index contributed by atoms with van der Waals surface area (Å²) in [7, 11) is 1.79. The second-order valence-corrected chi connectivity index (χ2v) is 6.65. The molecule has 0 saturated heterocycles. The number of fused-ring (bicyclic) bond motifs is 1. The topological polar surface area (TPSA) is 56.3 Å². The number of nitrogens with one attached hydrogen (secondary N) is 1. The van der Waals surface area contributed by atoms with Crippen LogP contribution in [0.4, 0.5) is 0 Å². The molecule has 1 fully saturated rings. The molecule has 2 aromatic rings. The van der Waals surface area contributed by atoms with E-state index in [1.54, 1.807) is 18.0 Å². The lowest BCUT2D eigenvalue weighted by molar-refractivity contribution is 0.0449. The Bertz CT molecular complexity index is 682. The maximum Gasteiger partial charge on any atom is 0.270 e. The molecule has 0 bridgehead atoms. The fourth-order valence-corrected chi connectivity index (χ4v) is 3.44. The first-order valence-electron chi connectivity index (χ1n) is 7.76. The van der Waals surface area contributed by atoms with Crippen LogP contribution in [0, 0.1) is 5.92 Å². The van der Waals surface area contributed by atoms with Crippen LogP contribution < -0.4 is 0 Å². The molecule has 5 heteroatoms. The summed E-state index contributed by atoms with van der Waals surface area (Å²) in [6.07, 6.45) is 3.76. The molecule has 1 aliphatic carbocycles. The second kappa shape index (κ2) is 6.31. The summed E-state index contributed by atoms with van der Waals surface area (Å²) in [5.74, 6) is 0.131. The smallest absolute Gasteiger partial charge is 0.270 e. The molecule has 2 unspecified atom stereocenters. The predicted octanol–water partition coefficient (Wildman–Crippen LogP) is 3.44. The molecule has 2 atom stereocenters. The molecule has 118 valence electrons. The standard InChI is InChI=1S/C17H21ClN2O2/c1-20(10-11-4-2-3-5-16(11)21)17(22)15-9-12-8-13(18)6-7-14(12)19-15/h6-9,11,16,19,21H,2-5,10H2,1H3. The Morgan fingerprint density at radius 3 is 2.91 bits per heavy atom. The Balaban J connectivity index is 1.73. The monoisotopic (exact) mass is 320 g/mol. The van der Waals surface area contributed by atoms with E-state index in [4.69, 9.17) is 11.6 Å². The van der Waals surface area contributed by atoms with Crippen LogP contribution in [0.3, 0.4) is 0 Å². The first-order valence-corrected chi connectivity index (χ1v) is 8.14. The number of benzene rings is 1. The Kier molecular flexibility index (Phi) is 4.41. The fourth-order valence-electron chi connectivity index (χ4n) is 3.26. The molecule has 1 aromatic carbocycles. The Morgan fingerprint density at radius 1 is 1.36 bits per heavy atom. The number of halogens is 1. The molecular weight excluding hydrogens is 300 g/mol. The van der Waals surface area contributed by atoms with Crippen molar-refractivity contribution in [1.29, 1.82) is 0 Å². The largest absolute Gasteiger partial charge is 0.393 e. The third-order valence-corrected chi connectivity index (χ3v) is 4.77. The van der Waals surface area contributed by atoms with Crippen LogP contribution in [0.2, 0.25) is 5.02 Å². The van der Waals surface area contributed by atoms with Gasteiger partial charge in [0.25, 0.3) is 5.91 Å². The lowest BCUT2D eigenvalue weighted by Gasteiger charge is -2.31. The molecule has 1 amide bonds. The van der Waals surface area contributed by atoms with E-state index in [1.165, 1.54) is 0 Å². The molecule has 0 radical (unpaired) electrons. The van der Waals surface area contributed by atoms with Gasteiger partial charge in [-0.15, -0.1) is 0 Å². The highest BCUT2D eigenvalue weighted by atomic mass is 35.5. The molecule has 0 spiro atoms. The van der Waals surface area contributed by atoms with Crippen LogP contribution in [0.25, 0.3) is 10.9 Å². The van der Waals surface area contributed by atoms with Gasteiger partial charge in [0.1, 0.15) is 5.69 Å². The number of rotatable bonds is 3. The number of carbonyl (C=O) groups is 1. The molecule has 22 heavy (non-hydrogen) atoms. The number of H-pyrrole nitrogens is 1. The number of aliphatic hydroxyl groups is 1. The fraction of sp³-hybridized carbons (Fsp3) is 0.471. The van der Waals surface area contributed by atoms with Crippen molar-refractivity contribution in [3.8, 4) is 0 Å². The Hall–Kier alpha value is -1.52. The van der Waals surface area contributed by atoms with Gasteiger partial charge in [0.2, 0.25) is 0 Å². The number of carbonyl (C=O) groups excluding carboxylic acids is 1. The molecule has 2 N–H and O–H groups in total. The van der Waals surface area contributed by atoms with E-state index in [0.717, 1.165) is 36.6 Å². The number of nitrogens with zero attached hydrogens (tertiary/aromatic N) is 1. The van der Waals surface area contributed by atoms with Crippen molar-refractivity contribution < 1.29 is 9.90 Å². The maximum atomic E-state index is 12.6. The van der Waals surface area contributed by atoms with Crippen LogP contribution in [-0.2, 0) is 0 Å². The summed E-state index contributed by atoms with van der Waals surface area (Å²) >= 11 is 5.98. The Labute approximate surface area is 135 Å². The van der Waals surface area contributed by atoms with E-state index in [1.807, 2.05) is 18.2 Å². The van der Waals surface area contributed by atoms with E-state index in [0.29, 0.717) is 17.3 Å². The predicted molar refractivity (Wildman–Crippen MR) is 88.2 cm³/mol. The summed E-state index contributed by atoms with van der Waals surface area (Å²) in [4.78, 5) is 17.4. The van der Waals surface area contributed by atoms with Crippen LogP contribution in [-0.4, -0.2) is 40.6 Å². The number of aliphatic hydroxyl groups excluding tert-OH is 1. The van der Waals surface area contributed by atoms with Gasteiger partial charge < -0.3 is 15.0 Å². The summed E-state index contributed by atoms with van der Waals surface area (Å²) in [6, 6.07) is 7.35. The number of amides is 1. The SMILES string of the molecule is CN(CC1CCCCC1O)C(=O)c1cc2cc(Cl)ccc2[nH]1. The van der Waals surface area contributed by atoms with Gasteiger partial charge in [0.15, 0.2) is 0 Å². The number of aromatic nitrogens is 1. The van der Waals surface area contributed by atoms with E-state index in [-0.39, 0.29) is 17.9 Å². The molecule has 1 aliphatic rings. The molecular formula is C17H21ClN2O2. The third-order valence-electron chi connectivity index (χ3n) is 4.54. The zero-order valence-corrected chi connectivity index (χ0v) is 13.4. The average molecular weight is 321 g/mol. The molecule has 1 saturated carbocycles. The van der Waals surface area contributed by atoms with Crippen molar-refractivity contribution >= 4 is 28.4 Å². The Morgan fingerprint density at radius 2 is 2.14 bits per heavy atom. The van der Waals surface area contributed by atoms with Crippen molar-refractivity contribution in [2.45, 2.75) is 31.8 Å². The van der Waals surface area contributed by atoms with Gasteiger partial charge in [-0.2, -0.15) is 0 Å². The quantitative estimate of drug-likeness (QED) is 0.910. The second-order valence-electron chi connectivity index (χ2n) is 6.21. The summed E-state index contributed by atoms with van der Waals surface area (Å²) in [5.41, 5.74) is 1.46. The summed E-state index contributed by atoms with van der Waals surface area (Å²) in [5, 5.41) is 11.6. The minimum absolute atomic E-state index is 0.0508. The zero-order chi connectivity index (χ0) is 15.7. The number of hydrogen-bond acceptors (Lipinski definition) is 2. The van der Waals surface area contributed by atoms with Crippen molar-refractivity contribution in [3.05, 3.63) is 35.0 Å². The van der Waals surface area contributed by atoms with E-state index in [2.05, 4.69) is 4.98 Å². The van der Waals surface area contributed by atoms with E-state index >= 15 is 0 Å². The van der Waals surface area contributed by atoms with Crippen molar-refractivity contribution in [2.75, 3.05) is 13.6 Å². The maximum absolute atomic E-state index is 12.6. The van der Waals surface area contributed by atoms with Gasteiger partial charge in [-0.3, -0.25) is 4.79 Å². The lowest BCUT2D eigenvalue weighted by Crippen LogP contribution is -2.38. The van der Waals surface area contributed by atoms with Crippen molar-refractivity contribution in [2.24, 2.45) is 5.92 Å². The number of hydrogen-bond donors (Lipinski definition) is 2. The van der Waals surface area contributed by atoms with Crippen molar-refractivity contribution in [1.82, 2.24) is 9.88 Å². The van der Waals surface area contributed by atoms with Crippen LogP contribution in [0.15, 0.2) is 24.3 Å². The molecule has 4 nitrogen and oxygen atoms in total. The molecule has 0 aliphatic heterocycles. The number of aromatic amines is 1. The lowest BCUT2D eigenvalue weighted by atomic mass is 9.86. The highest BCUT2D eigenvalue weighted by molar-refractivity contribution is 6.31. The van der Waals surface area contributed by atoms with Crippen LogP contribution in [0.5, 0.6) is 0 Å². The highest BCUT2D eigenvalue weighted by Crippen LogP contribution is 2.26.